The van der Waals surface area contributed by atoms with Crippen LogP contribution in [0.3, 0.4) is 0 Å². The van der Waals surface area contributed by atoms with Gasteiger partial charge in [-0.15, -0.1) is 11.3 Å². The number of hydrogen-bond donors (Lipinski definition) is 2. The van der Waals surface area contributed by atoms with Crippen LogP contribution >= 0.6 is 11.3 Å². The van der Waals surface area contributed by atoms with E-state index in [-0.39, 0.29) is 29.0 Å². The van der Waals surface area contributed by atoms with Gasteiger partial charge in [-0.1, -0.05) is 31.2 Å². The number of aliphatic carboxylic acids is 1. The van der Waals surface area contributed by atoms with E-state index < -0.39 is 24.0 Å². The number of aromatic nitrogens is 3. The average Bonchev–Trinajstić information content (AvgIpc) is 3.47. The number of amides is 1. The Kier molecular flexibility index (Phi) is 4.67. The highest BCUT2D eigenvalue weighted by molar-refractivity contribution is 7.18. The molecule has 2 aliphatic heterocycles. The molecule has 9 nitrogen and oxygen atoms in total. The number of benzene rings is 1. The monoisotopic (exact) mass is 488 g/mol. The van der Waals surface area contributed by atoms with Gasteiger partial charge in [-0.05, 0) is 12.3 Å². The van der Waals surface area contributed by atoms with Crippen molar-refractivity contribution in [1.29, 1.82) is 0 Å². The molecule has 3 aromatic heterocycles. The summed E-state index contributed by atoms with van der Waals surface area (Å²) in [7, 11) is 0. The Morgan fingerprint density at radius 1 is 1.20 bits per heavy atom. The molecule has 4 atom stereocenters. The fourth-order valence-electron chi connectivity index (χ4n) is 5.40. The van der Waals surface area contributed by atoms with E-state index in [4.69, 9.17) is 0 Å². The summed E-state index contributed by atoms with van der Waals surface area (Å²) in [5.41, 5.74) is 1.16. The first kappa shape index (κ1) is 21.6. The van der Waals surface area contributed by atoms with E-state index in [0.717, 1.165) is 10.8 Å². The van der Waals surface area contributed by atoms with Crippen LogP contribution in [-0.2, 0) is 9.59 Å². The summed E-state index contributed by atoms with van der Waals surface area (Å²) in [6, 6.07) is 7.08. The molecule has 6 rings (SSSR count). The van der Waals surface area contributed by atoms with Crippen molar-refractivity contribution in [3.05, 3.63) is 71.0 Å². The van der Waals surface area contributed by atoms with Gasteiger partial charge >= 0.3 is 5.97 Å². The van der Waals surface area contributed by atoms with Crippen LogP contribution in [0.5, 0.6) is 0 Å². The predicted octanol–water partition coefficient (Wildman–Crippen LogP) is 2.83. The SMILES string of the molecule is C[C@@H](O)[C@H]1C(=O)N2C(C(=O)O)=C(c3cn4cnc(C(=O)c5cncc6ccccc56)c4s3)[C@H](C)[C@H]12. The van der Waals surface area contributed by atoms with Crippen molar-refractivity contribution in [2.45, 2.75) is 26.0 Å². The molecular weight excluding hydrogens is 468 g/mol. The zero-order chi connectivity index (χ0) is 24.6. The summed E-state index contributed by atoms with van der Waals surface area (Å²) in [5, 5.41) is 21.7. The Labute approximate surface area is 203 Å². The molecule has 0 aliphatic carbocycles. The molecule has 4 aromatic rings. The molecular formula is C25H20N4O5S. The number of ketones is 1. The zero-order valence-corrected chi connectivity index (χ0v) is 19.6. The second-order valence-electron chi connectivity index (χ2n) is 8.96. The number of nitrogens with zero attached hydrogens (tertiary/aromatic N) is 4. The second kappa shape index (κ2) is 7.56. The third-order valence-electron chi connectivity index (χ3n) is 6.98. The van der Waals surface area contributed by atoms with Crippen LogP contribution in [0.2, 0.25) is 0 Å². The number of β-lactam (4-membered cyclic amide) rings is 1. The third-order valence-corrected chi connectivity index (χ3v) is 8.12. The molecule has 0 unspecified atom stereocenters. The molecule has 1 amide bonds. The lowest BCUT2D eigenvalue weighted by atomic mass is 9.77. The predicted molar refractivity (Wildman–Crippen MR) is 128 cm³/mol. The zero-order valence-electron chi connectivity index (χ0n) is 18.7. The summed E-state index contributed by atoms with van der Waals surface area (Å²) in [6.07, 6.45) is 5.63. The quantitative estimate of drug-likeness (QED) is 0.327. The van der Waals surface area contributed by atoms with Crippen molar-refractivity contribution in [1.82, 2.24) is 19.3 Å². The number of thiazole rings is 1. The largest absolute Gasteiger partial charge is 0.477 e. The highest BCUT2D eigenvalue weighted by Crippen LogP contribution is 2.51. The van der Waals surface area contributed by atoms with Crippen molar-refractivity contribution < 1.29 is 24.6 Å². The van der Waals surface area contributed by atoms with E-state index >= 15 is 0 Å². The number of pyridine rings is 1. The first-order chi connectivity index (χ1) is 16.8. The van der Waals surface area contributed by atoms with Gasteiger partial charge in [0.2, 0.25) is 11.7 Å². The lowest BCUT2D eigenvalue weighted by Crippen LogP contribution is -2.63. The number of fused-ring (bicyclic) bond motifs is 3. The van der Waals surface area contributed by atoms with Crippen LogP contribution in [0.1, 0.15) is 34.8 Å². The van der Waals surface area contributed by atoms with Crippen molar-refractivity contribution in [3.63, 3.8) is 0 Å². The maximum Gasteiger partial charge on any atom is 0.352 e. The van der Waals surface area contributed by atoms with E-state index in [1.54, 1.807) is 23.7 Å². The maximum absolute atomic E-state index is 13.5. The molecule has 0 bridgehead atoms. The fraction of sp³-hybridized carbons (Fsp3) is 0.240. The van der Waals surface area contributed by atoms with E-state index in [1.165, 1.54) is 28.8 Å². The summed E-state index contributed by atoms with van der Waals surface area (Å²) < 4.78 is 1.70. The van der Waals surface area contributed by atoms with E-state index in [9.17, 15) is 24.6 Å². The second-order valence-corrected chi connectivity index (χ2v) is 9.99. The van der Waals surface area contributed by atoms with E-state index in [0.29, 0.717) is 20.8 Å². The molecule has 176 valence electrons. The lowest BCUT2D eigenvalue weighted by Gasteiger charge is -2.46. The Bertz CT molecular complexity index is 1590. The molecule has 35 heavy (non-hydrogen) atoms. The van der Waals surface area contributed by atoms with Gasteiger partial charge in [0.1, 0.15) is 22.5 Å². The molecule has 0 radical (unpaired) electrons. The molecule has 2 N–H and O–H groups in total. The van der Waals surface area contributed by atoms with Gasteiger partial charge in [0.25, 0.3) is 0 Å². The number of imidazole rings is 1. The normalized spacial score (nSPS) is 22.5. The first-order valence-corrected chi connectivity index (χ1v) is 11.9. The lowest BCUT2D eigenvalue weighted by molar-refractivity contribution is -0.163. The van der Waals surface area contributed by atoms with Crippen LogP contribution in [0.15, 0.2) is 54.9 Å². The highest BCUT2D eigenvalue weighted by atomic mass is 32.1. The van der Waals surface area contributed by atoms with Crippen molar-refractivity contribution >= 4 is 50.2 Å². The maximum atomic E-state index is 13.5. The van der Waals surface area contributed by atoms with Gasteiger partial charge < -0.3 is 15.1 Å². The summed E-state index contributed by atoms with van der Waals surface area (Å²) in [4.78, 5) is 49.4. The van der Waals surface area contributed by atoms with Crippen LogP contribution in [0, 0.1) is 11.8 Å². The molecule has 1 fully saturated rings. The molecule has 2 aliphatic rings. The van der Waals surface area contributed by atoms with Gasteiger partial charge in [-0.3, -0.25) is 19.0 Å². The number of carbonyl (C=O) groups is 3. The standard InChI is InChI=1S/C25H20N4O5S/c1-11-17(21(25(33)34)29-20(11)18(12(2)30)23(29)32)16-9-28-10-27-19(24(28)35-16)22(31)15-8-26-7-13-5-3-4-6-14(13)15/h3-12,18,20,30H,1-2H3,(H,33,34)/t11-,12+,18+,20+/m0/s1. The number of carboxylic acids is 1. The number of carboxylic acid groups (broad SMARTS) is 1. The van der Waals surface area contributed by atoms with Gasteiger partial charge in [-0.2, -0.15) is 0 Å². The topological polar surface area (TPSA) is 125 Å². The minimum atomic E-state index is -1.19. The summed E-state index contributed by atoms with van der Waals surface area (Å²) in [5.74, 6) is -2.78. The van der Waals surface area contributed by atoms with E-state index in [2.05, 4.69) is 9.97 Å². The fourth-order valence-corrected chi connectivity index (χ4v) is 6.61. The highest BCUT2D eigenvalue weighted by Gasteiger charge is 2.60. The summed E-state index contributed by atoms with van der Waals surface area (Å²) in [6.45, 7) is 3.41. The number of aliphatic hydroxyl groups is 1. The molecule has 0 saturated carbocycles. The molecule has 0 spiro atoms. The van der Waals surface area contributed by atoms with Crippen LogP contribution in [-0.4, -0.2) is 59.3 Å². The number of aliphatic hydroxyl groups excluding tert-OH is 1. The number of hydrogen-bond acceptors (Lipinski definition) is 7. The number of carbonyl (C=O) groups excluding carboxylic acids is 2. The minimum absolute atomic E-state index is 0.0620. The van der Waals surface area contributed by atoms with Crippen molar-refractivity contribution in [2.24, 2.45) is 11.8 Å². The number of rotatable bonds is 5. The molecule has 5 heterocycles. The van der Waals surface area contributed by atoms with E-state index in [1.807, 2.05) is 31.2 Å². The Morgan fingerprint density at radius 3 is 2.71 bits per heavy atom. The van der Waals surface area contributed by atoms with Crippen LogP contribution in [0.25, 0.3) is 21.2 Å². The average molecular weight is 489 g/mol. The minimum Gasteiger partial charge on any atom is -0.477 e. The first-order valence-electron chi connectivity index (χ1n) is 11.1. The van der Waals surface area contributed by atoms with Crippen LogP contribution < -0.4 is 0 Å². The van der Waals surface area contributed by atoms with Gasteiger partial charge in [0.15, 0.2) is 0 Å². The van der Waals surface area contributed by atoms with Crippen molar-refractivity contribution in [2.75, 3.05) is 0 Å². The smallest absolute Gasteiger partial charge is 0.352 e. The van der Waals surface area contributed by atoms with Crippen LogP contribution in [0.4, 0.5) is 0 Å². The Balaban J connectivity index is 1.45. The Hall–Kier alpha value is -3.89. The molecule has 10 heteroatoms. The van der Waals surface area contributed by atoms with Gasteiger partial charge in [0, 0.05) is 35.5 Å². The molecule has 1 saturated heterocycles. The van der Waals surface area contributed by atoms with Gasteiger partial charge in [0.05, 0.1) is 28.5 Å². The van der Waals surface area contributed by atoms with Gasteiger partial charge in [-0.25, -0.2) is 9.78 Å². The molecule has 1 aromatic carbocycles. The van der Waals surface area contributed by atoms with Crippen molar-refractivity contribution in [3.8, 4) is 0 Å². The third kappa shape index (κ3) is 2.93. The summed E-state index contributed by atoms with van der Waals surface area (Å²) >= 11 is 1.26. The Morgan fingerprint density at radius 2 is 1.97 bits per heavy atom.